The number of aliphatic carboxylic acids is 1. The zero-order chi connectivity index (χ0) is 25.6. The number of nitrogens with zero attached hydrogens (tertiary/aromatic N) is 4. The number of halogens is 3. The molecule has 0 aliphatic rings. The van der Waals surface area contributed by atoms with E-state index in [4.69, 9.17) is 0 Å². The summed E-state index contributed by atoms with van der Waals surface area (Å²) in [6.45, 7) is 5.96. The highest BCUT2D eigenvalue weighted by molar-refractivity contribution is 5.76. The number of nitrogens with one attached hydrogen (secondary N) is 1. The largest absolute Gasteiger partial charge is 0.573 e. The quantitative estimate of drug-likeness (QED) is 0.366. The molecular weight excluding hydrogens is 463 g/mol. The Hall–Kier alpha value is -3.63. The summed E-state index contributed by atoms with van der Waals surface area (Å²) in [7, 11) is 0. The first-order valence-corrected chi connectivity index (χ1v) is 11.3. The van der Waals surface area contributed by atoms with Crippen LogP contribution in [0.3, 0.4) is 0 Å². The molecule has 2 heterocycles. The van der Waals surface area contributed by atoms with Gasteiger partial charge in [-0.25, -0.2) is 14.8 Å². The van der Waals surface area contributed by atoms with Crippen LogP contribution in [0.1, 0.15) is 45.7 Å². The number of ether oxygens (including phenoxy) is 1. The van der Waals surface area contributed by atoms with Gasteiger partial charge in [-0.1, -0.05) is 27.2 Å². The van der Waals surface area contributed by atoms with Gasteiger partial charge in [0.2, 0.25) is 5.95 Å². The molecule has 0 aliphatic heterocycles. The number of aromatic nitrogens is 4. The number of benzene rings is 1. The number of aryl methyl sites for hydroxylation is 1. The molecular formula is C24H28F3N5O3. The van der Waals surface area contributed by atoms with Crippen molar-refractivity contribution in [2.24, 2.45) is 5.92 Å². The average molecular weight is 492 g/mol. The van der Waals surface area contributed by atoms with Crippen molar-refractivity contribution >= 4 is 11.8 Å². The molecule has 2 N–H and O–H groups in total. The summed E-state index contributed by atoms with van der Waals surface area (Å²) >= 11 is 0. The molecule has 3 rings (SSSR count). The first-order valence-electron chi connectivity index (χ1n) is 11.3. The second-order valence-electron chi connectivity index (χ2n) is 8.55. The molecule has 188 valence electrons. The lowest BCUT2D eigenvalue weighted by Gasteiger charge is -2.18. The summed E-state index contributed by atoms with van der Waals surface area (Å²) in [6.07, 6.45) is 1.41. The van der Waals surface area contributed by atoms with Crippen LogP contribution >= 0.6 is 0 Å². The Kier molecular flexibility index (Phi) is 8.31. The van der Waals surface area contributed by atoms with E-state index in [0.29, 0.717) is 35.9 Å². The highest BCUT2D eigenvalue weighted by Gasteiger charge is 2.31. The molecule has 0 saturated heterocycles. The molecule has 1 aromatic carbocycles. The number of carboxylic acid groups (broad SMARTS) is 1. The van der Waals surface area contributed by atoms with E-state index in [0.717, 1.165) is 18.5 Å². The fraction of sp³-hybridized carbons (Fsp3) is 0.417. The highest BCUT2D eigenvalue weighted by atomic mass is 19.4. The Balaban J connectivity index is 1.88. The van der Waals surface area contributed by atoms with E-state index >= 15 is 0 Å². The predicted molar refractivity (Wildman–Crippen MR) is 124 cm³/mol. The van der Waals surface area contributed by atoms with Crippen molar-refractivity contribution in [2.75, 3.05) is 5.32 Å². The van der Waals surface area contributed by atoms with Crippen LogP contribution in [-0.4, -0.2) is 43.0 Å². The molecule has 0 saturated carbocycles. The maximum Gasteiger partial charge on any atom is 0.573 e. The Bertz CT molecular complexity index is 1130. The van der Waals surface area contributed by atoms with Crippen molar-refractivity contribution in [1.29, 1.82) is 0 Å². The van der Waals surface area contributed by atoms with E-state index in [1.807, 2.05) is 13.8 Å². The number of carboxylic acids is 1. The molecule has 3 aromatic rings. The van der Waals surface area contributed by atoms with E-state index in [9.17, 15) is 23.1 Å². The first-order chi connectivity index (χ1) is 16.5. The molecule has 1 atom stereocenters. The molecule has 11 heteroatoms. The van der Waals surface area contributed by atoms with Crippen molar-refractivity contribution < 1.29 is 27.8 Å². The molecule has 0 amide bonds. The average Bonchev–Trinajstić information content (AvgIpc) is 3.26. The monoisotopic (exact) mass is 491 g/mol. The SMILES string of the molecule is CCCCc1cc(NC(CC(C)C)C(=O)O)nc(-n2cnc(-c3ccc(OC(F)(F)F)cc3)c2)n1. The molecule has 35 heavy (non-hydrogen) atoms. The lowest BCUT2D eigenvalue weighted by Crippen LogP contribution is -2.31. The van der Waals surface area contributed by atoms with Crippen molar-refractivity contribution in [1.82, 2.24) is 19.5 Å². The number of unbranched alkanes of at least 4 members (excludes halogenated alkanes) is 1. The van der Waals surface area contributed by atoms with Crippen LogP contribution < -0.4 is 10.1 Å². The van der Waals surface area contributed by atoms with Crippen molar-refractivity contribution in [3.63, 3.8) is 0 Å². The summed E-state index contributed by atoms with van der Waals surface area (Å²) in [4.78, 5) is 25.1. The van der Waals surface area contributed by atoms with Gasteiger partial charge in [0.1, 0.15) is 23.9 Å². The molecule has 2 aromatic heterocycles. The van der Waals surface area contributed by atoms with Gasteiger partial charge < -0.3 is 15.2 Å². The minimum Gasteiger partial charge on any atom is -0.480 e. The molecule has 0 aliphatic carbocycles. The van der Waals surface area contributed by atoms with Crippen LogP contribution in [0, 0.1) is 5.92 Å². The normalized spacial score (nSPS) is 12.5. The third-order valence-corrected chi connectivity index (χ3v) is 5.08. The summed E-state index contributed by atoms with van der Waals surface area (Å²) in [5.41, 5.74) is 1.85. The first kappa shape index (κ1) is 26.0. The van der Waals surface area contributed by atoms with Gasteiger partial charge in [-0.15, -0.1) is 13.2 Å². The topological polar surface area (TPSA) is 102 Å². The summed E-state index contributed by atoms with van der Waals surface area (Å²) in [6, 6.07) is 6.34. The lowest BCUT2D eigenvalue weighted by atomic mass is 10.0. The van der Waals surface area contributed by atoms with Crippen molar-refractivity contribution in [3.05, 3.63) is 48.5 Å². The smallest absolute Gasteiger partial charge is 0.480 e. The molecule has 0 radical (unpaired) electrons. The van der Waals surface area contributed by atoms with Gasteiger partial charge in [0.15, 0.2) is 0 Å². The van der Waals surface area contributed by atoms with E-state index in [1.54, 1.807) is 16.8 Å². The molecule has 0 spiro atoms. The predicted octanol–water partition coefficient (Wildman–Crippen LogP) is 5.48. The van der Waals surface area contributed by atoms with Crippen LogP contribution in [0.4, 0.5) is 19.0 Å². The number of rotatable bonds is 11. The second kappa shape index (κ2) is 11.2. The van der Waals surface area contributed by atoms with Gasteiger partial charge in [0.05, 0.1) is 5.69 Å². The number of carbonyl (C=O) groups is 1. The standard InChI is InChI=1S/C24H28F3N5O3/c1-4-5-6-17-12-21(30-19(22(33)34)11-15(2)3)31-23(29-17)32-13-20(28-14-32)16-7-9-18(10-8-16)35-24(25,26)27/h7-10,12-15,19H,4-6,11H2,1-3H3,(H,33,34)(H,29,30,31). The number of hydrogen-bond donors (Lipinski definition) is 2. The van der Waals surface area contributed by atoms with Crippen molar-refractivity contribution in [2.45, 2.75) is 58.9 Å². The fourth-order valence-corrected chi connectivity index (χ4v) is 3.44. The Morgan fingerprint density at radius 3 is 2.51 bits per heavy atom. The van der Waals surface area contributed by atoms with Gasteiger partial charge in [-0.3, -0.25) is 4.57 Å². The number of imidazole rings is 1. The van der Waals surface area contributed by atoms with Crippen molar-refractivity contribution in [3.8, 4) is 23.0 Å². The van der Waals surface area contributed by atoms with E-state index in [-0.39, 0.29) is 11.7 Å². The highest BCUT2D eigenvalue weighted by Crippen LogP contribution is 2.26. The van der Waals surface area contributed by atoms with Gasteiger partial charge in [0, 0.05) is 23.5 Å². The second-order valence-corrected chi connectivity index (χ2v) is 8.55. The Morgan fingerprint density at radius 1 is 1.20 bits per heavy atom. The van der Waals surface area contributed by atoms with Crippen LogP contribution in [0.25, 0.3) is 17.2 Å². The zero-order valence-electron chi connectivity index (χ0n) is 19.7. The maximum atomic E-state index is 12.4. The number of hydrogen-bond acceptors (Lipinski definition) is 6. The summed E-state index contributed by atoms with van der Waals surface area (Å²) < 4.78 is 42.7. The molecule has 0 fully saturated rings. The minimum atomic E-state index is -4.76. The van der Waals surface area contributed by atoms with Gasteiger partial charge in [-0.2, -0.15) is 4.98 Å². The molecule has 0 bridgehead atoms. The zero-order valence-corrected chi connectivity index (χ0v) is 19.7. The Morgan fingerprint density at radius 2 is 1.91 bits per heavy atom. The van der Waals surface area contributed by atoms with E-state index in [1.165, 1.54) is 30.6 Å². The lowest BCUT2D eigenvalue weighted by molar-refractivity contribution is -0.274. The summed E-state index contributed by atoms with van der Waals surface area (Å²) in [5.74, 6) is -0.396. The van der Waals surface area contributed by atoms with E-state index < -0.39 is 18.4 Å². The summed E-state index contributed by atoms with van der Waals surface area (Å²) in [5, 5.41) is 12.6. The van der Waals surface area contributed by atoms with E-state index in [2.05, 4.69) is 31.9 Å². The Labute approximate surface area is 201 Å². The number of anilines is 1. The maximum absolute atomic E-state index is 12.4. The fourth-order valence-electron chi connectivity index (χ4n) is 3.44. The van der Waals surface area contributed by atoms with Gasteiger partial charge >= 0.3 is 12.3 Å². The van der Waals surface area contributed by atoms with Crippen LogP contribution in [0.5, 0.6) is 5.75 Å². The van der Waals surface area contributed by atoms with Crippen LogP contribution in [0.2, 0.25) is 0 Å². The van der Waals surface area contributed by atoms with Crippen LogP contribution in [-0.2, 0) is 11.2 Å². The molecule has 1 unspecified atom stereocenters. The van der Waals surface area contributed by atoms with Gasteiger partial charge in [-0.05, 0) is 49.4 Å². The minimum absolute atomic E-state index is 0.175. The third kappa shape index (κ3) is 7.69. The molecule has 8 nitrogen and oxygen atoms in total. The third-order valence-electron chi connectivity index (χ3n) is 5.08. The van der Waals surface area contributed by atoms with Gasteiger partial charge in [0.25, 0.3) is 0 Å². The number of alkyl halides is 3. The van der Waals surface area contributed by atoms with Crippen LogP contribution in [0.15, 0.2) is 42.9 Å².